The first-order chi connectivity index (χ1) is 8.99. The van der Waals surface area contributed by atoms with Crippen LogP contribution in [0.1, 0.15) is 10.4 Å². The fourth-order valence-electron chi connectivity index (χ4n) is 1.28. The van der Waals surface area contributed by atoms with Crippen molar-refractivity contribution in [2.75, 3.05) is 20.8 Å². The number of hydrogen-bond donors (Lipinski definition) is 2. The molecule has 0 saturated heterocycles. The molecule has 8 heteroatoms. The van der Waals surface area contributed by atoms with Gasteiger partial charge in [-0.15, -0.1) is 0 Å². The molecule has 0 aromatic heterocycles. The number of hydroxylamine groups is 1. The van der Waals surface area contributed by atoms with Gasteiger partial charge in [0.1, 0.15) is 0 Å². The predicted octanol–water partition coefficient (Wildman–Crippen LogP) is 0.504. The topological polar surface area (TPSA) is 99.9 Å². The largest absolute Gasteiger partial charge is 0.493 e. The predicted molar refractivity (Wildman–Crippen MR) is 67.2 cm³/mol. The lowest BCUT2D eigenvalue weighted by Gasteiger charge is -2.11. The first-order valence-electron chi connectivity index (χ1n) is 5.11. The number of nitrogens with two attached hydrogens (primary N) is 1. The summed E-state index contributed by atoms with van der Waals surface area (Å²) in [5.74, 6) is -0.677. The van der Waals surface area contributed by atoms with Gasteiger partial charge in [-0.25, -0.2) is 5.48 Å². The molecule has 0 radical (unpaired) electrons. The number of halogens is 1. The van der Waals surface area contributed by atoms with Crippen molar-refractivity contribution in [2.24, 2.45) is 5.73 Å². The zero-order valence-corrected chi connectivity index (χ0v) is 11.1. The molecule has 1 aromatic carbocycles. The second kappa shape index (κ2) is 6.81. The second-order valence-electron chi connectivity index (χ2n) is 3.38. The van der Waals surface area contributed by atoms with Crippen LogP contribution in [0.4, 0.5) is 0 Å². The van der Waals surface area contributed by atoms with Crippen molar-refractivity contribution in [3.63, 3.8) is 0 Å². The Morgan fingerprint density at radius 2 is 2.00 bits per heavy atom. The van der Waals surface area contributed by atoms with Crippen molar-refractivity contribution in [1.82, 2.24) is 5.48 Å². The van der Waals surface area contributed by atoms with Gasteiger partial charge in [0, 0.05) is 5.56 Å². The minimum absolute atomic E-state index is 0.187. The van der Waals surface area contributed by atoms with E-state index in [1.807, 2.05) is 0 Å². The molecule has 104 valence electrons. The van der Waals surface area contributed by atoms with E-state index >= 15 is 0 Å². The molecule has 3 N–H and O–H groups in total. The minimum atomic E-state index is -0.703. The quantitative estimate of drug-likeness (QED) is 0.743. The summed E-state index contributed by atoms with van der Waals surface area (Å²) in [6, 6.07) is 2.81. The number of benzene rings is 1. The maximum atomic E-state index is 11.7. The Balaban J connectivity index is 2.86. The Morgan fingerprint density at radius 1 is 1.32 bits per heavy atom. The van der Waals surface area contributed by atoms with Gasteiger partial charge in [0.25, 0.3) is 5.91 Å². The van der Waals surface area contributed by atoms with Gasteiger partial charge in [0.15, 0.2) is 18.1 Å². The lowest BCUT2D eigenvalue weighted by molar-refractivity contribution is -0.124. The summed E-state index contributed by atoms with van der Waals surface area (Å²) >= 11 is 5.94. The van der Waals surface area contributed by atoms with Crippen molar-refractivity contribution in [1.29, 1.82) is 0 Å². The highest BCUT2D eigenvalue weighted by molar-refractivity contribution is 6.32. The molecule has 2 amide bonds. The molecule has 0 fully saturated rings. The van der Waals surface area contributed by atoms with E-state index < -0.39 is 18.4 Å². The Kier molecular flexibility index (Phi) is 5.40. The highest BCUT2D eigenvalue weighted by Gasteiger charge is 2.15. The first-order valence-corrected chi connectivity index (χ1v) is 5.49. The SMILES string of the molecule is COc1cc(C(=O)NOCC(N)=O)cc(Cl)c1OC. The molecular formula is C11H13ClN2O5. The standard InChI is InChI=1S/C11H13ClN2O5/c1-17-8-4-6(3-7(12)10(8)18-2)11(16)14-19-5-9(13)15/h3-4H,5H2,1-2H3,(H2,13,15)(H,14,16). The van der Waals surface area contributed by atoms with E-state index in [0.29, 0.717) is 11.5 Å². The summed E-state index contributed by atoms with van der Waals surface area (Å²) in [6.07, 6.45) is 0. The number of rotatable bonds is 6. The highest BCUT2D eigenvalue weighted by Crippen LogP contribution is 2.35. The van der Waals surface area contributed by atoms with Gasteiger partial charge in [-0.3, -0.25) is 14.4 Å². The average molecular weight is 289 g/mol. The number of carbonyl (C=O) groups excluding carboxylic acids is 2. The van der Waals surface area contributed by atoms with Gasteiger partial charge in [0.2, 0.25) is 5.91 Å². The van der Waals surface area contributed by atoms with Crippen LogP contribution in [-0.2, 0) is 9.63 Å². The van der Waals surface area contributed by atoms with E-state index in [4.69, 9.17) is 26.8 Å². The summed E-state index contributed by atoms with van der Waals surface area (Å²) < 4.78 is 10.1. The van der Waals surface area contributed by atoms with Crippen LogP contribution in [0.25, 0.3) is 0 Å². The zero-order valence-electron chi connectivity index (χ0n) is 10.4. The number of hydrogen-bond acceptors (Lipinski definition) is 5. The van der Waals surface area contributed by atoms with Gasteiger partial charge in [-0.1, -0.05) is 11.6 Å². The summed E-state index contributed by atoms with van der Waals surface area (Å²) in [5.41, 5.74) is 7.09. The normalized spacial score (nSPS) is 9.84. The van der Waals surface area contributed by atoms with Gasteiger partial charge in [-0.05, 0) is 12.1 Å². The number of methoxy groups -OCH3 is 2. The first kappa shape index (κ1) is 15.1. The Bertz CT molecular complexity index is 492. The monoisotopic (exact) mass is 288 g/mol. The maximum Gasteiger partial charge on any atom is 0.275 e. The molecule has 0 heterocycles. The van der Waals surface area contributed by atoms with E-state index in [1.165, 1.54) is 26.4 Å². The lowest BCUT2D eigenvalue weighted by Crippen LogP contribution is -2.29. The minimum Gasteiger partial charge on any atom is -0.493 e. The number of primary amides is 1. The van der Waals surface area contributed by atoms with Gasteiger partial charge < -0.3 is 15.2 Å². The molecule has 7 nitrogen and oxygen atoms in total. The fourth-order valence-corrected chi connectivity index (χ4v) is 1.57. The van der Waals surface area contributed by atoms with Gasteiger partial charge in [0.05, 0.1) is 19.2 Å². The smallest absolute Gasteiger partial charge is 0.275 e. The van der Waals surface area contributed by atoms with E-state index in [2.05, 4.69) is 10.3 Å². The summed E-state index contributed by atoms with van der Waals surface area (Å²) in [7, 11) is 2.85. The average Bonchev–Trinajstić information content (AvgIpc) is 2.37. The molecule has 0 atom stereocenters. The van der Waals surface area contributed by atoms with Crippen molar-refractivity contribution < 1.29 is 23.9 Å². The summed E-state index contributed by atoms with van der Waals surface area (Å²) in [4.78, 5) is 26.7. The third kappa shape index (κ3) is 4.01. The fraction of sp³-hybridized carbons (Fsp3) is 0.273. The van der Waals surface area contributed by atoms with Crippen LogP contribution >= 0.6 is 11.6 Å². The van der Waals surface area contributed by atoms with Gasteiger partial charge in [-0.2, -0.15) is 0 Å². The van der Waals surface area contributed by atoms with Gasteiger partial charge >= 0.3 is 0 Å². The Labute approximate surface area is 114 Å². The van der Waals surface area contributed by atoms with Crippen LogP contribution in [0, 0.1) is 0 Å². The van der Waals surface area contributed by atoms with E-state index in [-0.39, 0.29) is 10.6 Å². The van der Waals surface area contributed by atoms with Crippen LogP contribution in [0.3, 0.4) is 0 Å². The number of amides is 2. The molecule has 0 aliphatic heterocycles. The van der Waals surface area contributed by atoms with E-state index in [0.717, 1.165) is 0 Å². The summed E-state index contributed by atoms with van der Waals surface area (Å²) in [6.45, 7) is -0.424. The third-order valence-electron chi connectivity index (χ3n) is 2.08. The maximum absolute atomic E-state index is 11.7. The van der Waals surface area contributed by atoms with E-state index in [9.17, 15) is 9.59 Å². The molecule has 19 heavy (non-hydrogen) atoms. The number of ether oxygens (including phenoxy) is 2. The lowest BCUT2D eigenvalue weighted by atomic mass is 10.2. The molecular weight excluding hydrogens is 276 g/mol. The van der Waals surface area contributed by atoms with Crippen LogP contribution in [0.2, 0.25) is 5.02 Å². The van der Waals surface area contributed by atoms with Crippen LogP contribution in [0.15, 0.2) is 12.1 Å². The molecule has 0 aliphatic rings. The van der Waals surface area contributed by atoms with Crippen LogP contribution in [-0.4, -0.2) is 32.6 Å². The highest BCUT2D eigenvalue weighted by atomic mass is 35.5. The third-order valence-corrected chi connectivity index (χ3v) is 2.36. The molecule has 1 aromatic rings. The van der Waals surface area contributed by atoms with Crippen molar-refractivity contribution in [3.8, 4) is 11.5 Å². The van der Waals surface area contributed by atoms with Crippen LogP contribution in [0.5, 0.6) is 11.5 Å². The van der Waals surface area contributed by atoms with Crippen molar-refractivity contribution >= 4 is 23.4 Å². The molecule has 0 saturated carbocycles. The number of carbonyl (C=O) groups is 2. The van der Waals surface area contributed by atoms with Crippen molar-refractivity contribution in [2.45, 2.75) is 0 Å². The Morgan fingerprint density at radius 3 is 2.53 bits per heavy atom. The molecule has 0 bridgehead atoms. The number of nitrogens with one attached hydrogen (secondary N) is 1. The molecule has 0 spiro atoms. The molecule has 0 unspecified atom stereocenters. The zero-order chi connectivity index (χ0) is 14.4. The Hall–Kier alpha value is -1.99. The second-order valence-corrected chi connectivity index (χ2v) is 3.79. The van der Waals surface area contributed by atoms with E-state index in [1.54, 1.807) is 0 Å². The molecule has 1 rings (SSSR count). The molecule has 0 aliphatic carbocycles. The summed E-state index contributed by atoms with van der Waals surface area (Å²) in [5, 5.41) is 0.210. The van der Waals surface area contributed by atoms with Crippen molar-refractivity contribution in [3.05, 3.63) is 22.7 Å². The van der Waals surface area contributed by atoms with Crippen LogP contribution < -0.4 is 20.7 Å².